The summed E-state index contributed by atoms with van der Waals surface area (Å²) in [6.07, 6.45) is 0.939. The van der Waals surface area contributed by atoms with Crippen LogP contribution in [0.1, 0.15) is 24.2 Å². The number of methoxy groups -OCH3 is 2. The van der Waals surface area contributed by atoms with Gasteiger partial charge in [-0.1, -0.05) is 6.92 Å². The van der Waals surface area contributed by atoms with Crippen molar-refractivity contribution in [2.75, 3.05) is 33.9 Å². The highest BCUT2D eigenvalue weighted by atomic mass is 16.5. The topological polar surface area (TPSA) is 39.7 Å². The summed E-state index contributed by atoms with van der Waals surface area (Å²) in [5, 5.41) is 3.35. The maximum atomic E-state index is 5.85. The molecule has 0 radical (unpaired) electrons. The van der Waals surface area contributed by atoms with Gasteiger partial charge in [-0.15, -0.1) is 0 Å². The molecular weight excluding hydrogens is 230 g/mol. The van der Waals surface area contributed by atoms with Crippen molar-refractivity contribution >= 4 is 0 Å². The predicted octanol–water partition coefficient (Wildman–Crippen LogP) is 1.93. The Morgan fingerprint density at radius 3 is 2.56 bits per heavy atom. The van der Waals surface area contributed by atoms with Crippen molar-refractivity contribution in [1.29, 1.82) is 0 Å². The zero-order valence-electron chi connectivity index (χ0n) is 11.3. The minimum atomic E-state index is 0.0405. The largest absolute Gasteiger partial charge is 0.496 e. The molecule has 100 valence electrons. The SMILES string of the molecule is CCc1c(OC)ccc(OC)c1C1CNCCO1. The van der Waals surface area contributed by atoms with Gasteiger partial charge in [0.1, 0.15) is 11.5 Å². The highest BCUT2D eigenvalue weighted by Crippen LogP contribution is 2.37. The van der Waals surface area contributed by atoms with Crippen molar-refractivity contribution in [3.05, 3.63) is 23.3 Å². The predicted molar refractivity (Wildman–Crippen MR) is 70.5 cm³/mol. The average Bonchev–Trinajstić information content (AvgIpc) is 2.46. The van der Waals surface area contributed by atoms with E-state index in [9.17, 15) is 0 Å². The number of nitrogens with one attached hydrogen (secondary N) is 1. The van der Waals surface area contributed by atoms with Crippen LogP contribution in [0.2, 0.25) is 0 Å². The van der Waals surface area contributed by atoms with Gasteiger partial charge in [0.05, 0.1) is 26.9 Å². The lowest BCUT2D eigenvalue weighted by Gasteiger charge is -2.28. The van der Waals surface area contributed by atoms with Gasteiger partial charge in [0.2, 0.25) is 0 Å². The van der Waals surface area contributed by atoms with Crippen LogP contribution in [0.15, 0.2) is 12.1 Å². The number of morpholine rings is 1. The van der Waals surface area contributed by atoms with Gasteiger partial charge in [0.25, 0.3) is 0 Å². The molecule has 4 nitrogen and oxygen atoms in total. The Kier molecular flexibility index (Phi) is 4.44. The molecule has 18 heavy (non-hydrogen) atoms. The zero-order valence-corrected chi connectivity index (χ0v) is 11.3. The summed E-state index contributed by atoms with van der Waals surface area (Å²) in [5.41, 5.74) is 2.29. The molecule has 1 aliphatic heterocycles. The van der Waals surface area contributed by atoms with E-state index >= 15 is 0 Å². The van der Waals surface area contributed by atoms with Gasteiger partial charge in [-0.2, -0.15) is 0 Å². The molecule has 1 atom stereocenters. The zero-order chi connectivity index (χ0) is 13.0. The first-order valence-electron chi connectivity index (χ1n) is 6.37. The molecule has 0 bridgehead atoms. The van der Waals surface area contributed by atoms with Gasteiger partial charge in [0.15, 0.2) is 0 Å². The van der Waals surface area contributed by atoms with E-state index in [2.05, 4.69) is 12.2 Å². The normalized spacial score (nSPS) is 19.6. The number of ether oxygens (including phenoxy) is 3. The van der Waals surface area contributed by atoms with Crippen LogP contribution in [0.4, 0.5) is 0 Å². The molecule has 0 saturated carbocycles. The Balaban J connectivity index is 2.45. The molecule has 1 aromatic carbocycles. The standard InChI is InChI=1S/C14H21NO3/c1-4-10-11(16-2)5-6-12(17-3)14(10)13-9-15-7-8-18-13/h5-6,13,15H,4,7-9H2,1-3H3. The van der Waals surface area contributed by atoms with E-state index in [0.717, 1.165) is 43.2 Å². The molecule has 0 aliphatic carbocycles. The number of hydrogen-bond acceptors (Lipinski definition) is 4. The van der Waals surface area contributed by atoms with Crippen molar-refractivity contribution in [2.24, 2.45) is 0 Å². The summed E-state index contributed by atoms with van der Waals surface area (Å²) < 4.78 is 16.8. The fourth-order valence-electron chi connectivity index (χ4n) is 2.46. The van der Waals surface area contributed by atoms with Gasteiger partial charge in [-0.25, -0.2) is 0 Å². The first kappa shape index (κ1) is 13.2. The van der Waals surface area contributed by atoms with Crippen LogP contribution < -0.4 is 14.8 Å². The minimum absolute atomic E-state index is 0.0405. The fourth-order valence-corrected chi connectivity index (χ4v) is 2.46. The Labute approximate surface area is 108 Å². The second-order valence-corrected chi connectivity index (χ2v) is 4.28. The lowest BCUT2D eigenvalue weighted by atomic mass is 9.97. The van der Waals surface area contributed by atoms with Crippen molar-refractivity contribution in [1.82, 2.24) is 5.32 Å². The van der Waals surface area contributed by atoms with Crippen LogP contribution in [0.3, 0.4) is 0 Å². The van der Waals surface area contributed by atoms with Crippen molar-refractivity contribution in [3.8, 4) is 11.5 Å². The lowest BCUT2D eigenvalue weighted by molar-refractivity contribution is 0.0256. The van der Waals surface area contributed by atoms with E-state index < -0.39 is 0 Å². The van der Waals surface area contributed by atoms with Gasteiger partial charge in [-0.3, -0.25) is 0 Å². The third kappa shape index (κ3) is 2.44. The quantitative estimate of drug-likeness (QED) is 0.887. The van der Waals surface area contributed by atoms with Gasteiger partial charge in [0, 0.05) is 24.2 Å². The summed E-state index contributed by atoms with van der Waals surface area (Å²) >= 11 is 0. The van der Waals surface area contributed by atoms with E-state index in [4.69, 9.17) is 14.2 Å². The summed E-state index contributed by atoms with van der Waals surface area (Å²) in [6, 6.07) is 3.91. The average molecular weight is 251 g/mol. The Hall–Kier alpha value is -1.26. The van der Waals surface area contributed by atoms with Crippen LogP contribution in [0.5, 0.6) is 11.5 Å². The highest BCUT2D eigenvalue weighted by molar-refractivity contribution is 5.50. The molecule has 1 fully saturated rings. The smallest absolute Gasteiger partial charge is 0.125 e. The summed E-state index contributed by atoms with van der Waals surface area (Å²) in [5.74, 6) is 1.78. The van der Waals surface area contributed by atoms with E-state index in [1.165, 1.54) is 5.56 Å². The van der Waals surface area contributed by atoms with Crippen molar-refractivity contribution < 1.29 is 14.2 Å². The Bertz CT molecular complexity index is 400. The molecule has 4 heteroatoms. The molecule has 1 heterocycles. The van der Waals surface area contributed by atoms with E-state index in [1.807, 2.05) is 12.1 Å². The van der Waals surface area contributed by atoms with Crippen LogP contribution >= 0.6 is 0 Å². The van der Waals surface area contributed by atoms with Crippen LogP contribution in [0, 0.1) is 0 Å². The summed E-state index contributed by atoms with van der Waals surface area (Å²) in [6.45, 7) is 4.58. The molecule has 0 aromatic heterocycles. The molecule has 1 aromatic rings. The first-order chi connectivity index (χ1) is 8.81. The number of hydrogen-bond donors (Lipinski definition) is 1. The van der Waals surface area contributed by atoms with Crippen LogP contribution in [-0.4, -0.2) is 33.9 Å². The highest BCUT2D eigenvalue weighted by Gasteiger charge is 2.24. The molecule has 0 spiro atoms. The Morgan fingerprint density at radius 2 is 2.00 bits per heavy atom. The summed E-state index contributed by atoms with van der Waals surface area (Å²) in [4.78, 5) is 0. The maximum Gasteiger partial charge on any atom is 0.125 e. The molecule has 1 N–H and O–H groups in total. The second kappa shape index (κ2) is 6.07. The van der Waals surface area contributed by atoms with E-state index in [1.54, 1.807) is 14.2 Å². The first-order valence-corrected chi connectivity index (χ1v) is 6.37. The maximum absolute atomic E-state index is 5.85. The minimum Gasteiger partial charge on any atom is -0.496 e. The summed E-state index contributed by atoms with van der Waals surface area (Å²) in [7, 11) is 3.39. The number of benzene rings is 1. The Morgan fingerprint density at radius 1 is 1.28 bits per heavy atom. The fraction of sp³-hybridized carbons (Fsp3) is 0.571. The number of rotatable bonds is 4. The van der Waals surface area contributed by atoms with Crippen molar-refractivity contribution in [3.63, 3.8) is 0 Å². The van der Waals surface area contributed by atoms with Gasteiger partial charge in [-0.05, 0) is 18.6 Å². The van der Waals surface area contributed by atoms with Crippen LogP contribution in [-0.2, 0) is 11.2 Å². The monoisotopic (exact) mass is 251 g/mol. The molecule has 1 unspecified atom stereocenters. The molecule has 1 aliphatic rings. The van der Waals surface area contributed by atoms with Crippen molar-refractivity contribution in [2.45, 2.75) is 19.4 Å². The lowest BCUT2D eigenvalue weighted by Crippen LogP contribution is -2.34. The molecule has 0 amide bonds. The van der Waals surface area contributed by atoms with Gasteiger partial charge < -0.3 is 19.5 Å². The third-order valence-corrected chi connectivity index (χ3v) is 3.32. The molecule has 2 rings (SSSR count). The molecular formula is C14H21NO3. The van der Waals surface area contributed by atoms with E-state index in [-0.39, 0.29) is 6.10 Å². The van der Waals surface area contributed by atoms with E-state index in [0.29, 0.717) is 0 Å². The third-order valence-electron chi connectivity index (χ3n) is 3.32. The van der Waals surface area contributed by atoms with Crippen LogP contribution in [0.25, 0.3) is 0 Å². The molecule has 1 saturated heterocycles. The van der Waals surface area contributed by atoms with Gasteiger partial charge >= 0.3 is 0 Å². The second-order valence-electron chi connectivity index (χ2n) is 4.28.